The average Bonchev–Trinajstić information content (AvgIpc) is 3.08. The number of para-hydroxylation sites is 2. The average molecular weight is 629 g/mol. The number of anilines is 1. The van der Waals surface area contributed by atoms with Crippen LogP contribution in [0.1, 0.15) is 26.3 Å². The van der Waals surface area contributed by atoms with Crippen molar-refractivity contribution in [3.8, 4) is 22.6 Å². The minimum Gasteiger partial charge on any atom is -0.457 e. The summed E-state index contributed by atoms with van der Waals surface area (Å²) in [6.07, 6.45) is 0. The molecular weight excluding hydrogens is 600 g/mol. The van der Waals surface area contributed by atoms with E-state index in [1.54, 1.807) is 78.9 Å². The third kappa shape index (κ3) is 6.81. The predicted octanol–water partition coefficient (Wildman–Crippen LogP) is 7.56. The van der Waals surface area contributed by atoms with Crippen LogP contribution in [0.3, 0.4) is 0 Å². The van der Waals surface area contributed by atoms with Crippen molar-refractivity contribution in [1.29, 1.82) is 0 Å². The highest BCUT2D eigenvalue weighted by molar-refractivity contribution is 7.89. The summed E-state index contributed by atoms with van der Waals surface area (Å²) >= 11 is 0. The summed E-state index contributed by atoms with van der Waals surface area (Å²) in [6, 6.07) is 40.3. The molecule has 0 bridgehead atoms. The van der Waals surface area contributed by atoms with E-state index in [1.165, 1.54) is 6.07 Å². The second kappa shape index (κ2) is 13.1. The number of primary sulfonamides is 1. The molecular formula is C37H28N2O6S. The molecule has 0 aromatic heterocycles. The number of fused-ring (bicyclic) bond motifs is 1. The Hall–Kier alpha value is -5.77. The third-order valence-corrected chi connectivity index (χ3v) is 8.26. The Balaban J connectivity index is 1.25. The summed E-state index contributed by atoms with van der Waals surface area (Å²) in [5, 5.41) is 9.98. The molecule has 0 heterocycles. The summed E-state index contributed by atoms with van der Waals surface area (Å²) in [4.78, 5) is 26.6. The summed E-state index contributed by atoms with van der Waals surface area (Å²) in [7, 11) is -3.94. The number of nitrogens with one attached hydrogen (secondary N) is 1. The molecule has 0 saturated carbocycles. The van der Waals surface area contributed by atoms with Gasteiger partial charge in [-0.1, -0.05) is 97.1 Å². The molecule has 8 nitrogen and oxygen atoms in total. The van der Waals surface area contributed by atoms with Gasteiger partial charge in [0.1, 0.15) is 17.9 Å². The van der Waals surface area contributed by atoms with Gasteiger partial charge < -0.3 is 14.8 Å². The Morgan fingerprint density at radius 1 is 0.674 bits per heavy atom. The number of ether oxygens (including phenoxy) is 2. The SMILES string of the molecule is NS(=O)(=O)c1ccccc1-c1ccc(C(=O)Nc2ccccc2Oc2cc3ccccc3cc2C(=O)OCc2ccccc2)cc1. The van der Waals surface area contributed by atoms with Crippen LogP contribution in [0.4, 0.5) is 5.69 Å². The Morgan fingerprint density at radius 2 is 1.30 bits per heavy atom. The second-order valence-corrected chi connectivity index (χ2v) is 12.0. The van der Waals surface area contributed by atoms with Gasteiger partial charge in [0.25, 0.3) is 5.91 Å². The summed E-state index contributed by atoms with van der Waals surface area (Å²) < 4.78 is 36.0. The van der Waals surface area contributed by atoms with E-state index < -0.39 is 21.9 Å². The van der Waals surface area contributed by atoms with E-state index in [-0.39, 0.29) is 22.8 Å². The highest BCUT2D eigenvalue weighted by Crippen LogP contribution is 2.35. The molecule has 0 unspecified atom stereocenters. The Morgan fingerprint density at radius 3 is 2.04 bits per heavy atom. The standard InChI is InChI=1S/C37H28N2O6S/c38-46(42,43)35-17-9-6-14-30(35)26-18-20-27(21-19-26)36(40)39-32-15-7-8-16-33(32)45-34-23-29-13-5-4-12-28(29)22-31(34)37(41)44-24-25-10-2-1-3-11-25/h1-23H,24H2,(H,39,40)(H2,38,42,43). The lowest BCUT2D eigenvalue weighted by Crippen LogP contribution is -2.14. The fourth-order valence-corrected chi connectivity index (χ4v) is 5.75. The van der Waals surface area contributed by atoms with Crippen LogP contribution in [0.15, 0.2) is 144 Å². The van der Waals surface area contributed by atoms with Crippen molar-refractivity contribution in [2.75, 3.05) is 5.32 Å². The Labute approximate surface area is 266 Å². The summed E-state index contributed by atoms with van der Waals surface area (Å²) in [6.45, 7) is 0.102. The van der Waals surface area contributed by atoms with Crippen LogP contribution in [0, 0.1) is 0 Å². The number of benzene rings is 6. The highest BCUT2D eigenvalue weighted by atomic mass is 32.2. The molecule has 0 aliphatic rings. The van der Waals surface area contributed by atoms with Crippen LogP contribution < -0.4 is 15.2 Å². The lowest BCUT2D eigenvalue weighted by atomic mass is 10.0. The third-order valence-electron chi connectivity index (χ3n) is 7.29. The smallest absolute Gasteiger partial charge is 0.342 e. The van der Waals surface area contributed by atoms with Gasteiger partial charge in [0.05, 0.1) is 10.6 Å². The molecule has 0 aliphatic carbocycles. The number of rotatable bonds is 9. The maximum atomic E-state index is 13.3. The molecule has 3 N–H and O–H groups in total. The van der Waals surface area contributed by atoms with Crippen LogP contribution in [0.25, 0.3) is 21.9 Å². The molecule has 6 aromatic rings. The first kappa shape index (κ1) is 30.3. The fourth-order valence-electron chi connectivity index (χ4n) is 4.99. The normalized spacial score (nSPS) is 11.2. The van der Waals surface area contributed by atoms with Gasteiger partial charge in [-0.05, 0) is 64.4 Å². The van der Waals surface area contributed by atoms with Gasteiger partial charge in [-0.15, -0.1) is 0 Å². The topological polar surface area (TPSA) is 125 Å². The number of amides is 1. The van der Waals surface area contributed by atoms with Gasteiger partial charge in [0.2, 0.25) is 10.0 Å². The van der Waals surface area contributed by atoms with Crippen LogP contribution in [-0.4, -0.2) is 20.3 Å². The molecule has 1 amide bonds. The number of carbonyl (C=O) groups is 2. The van der Waals surface area contributed by atoms with E-state index in [9.17, 15) is 18.0 Å². The summed E-state index contributed by atoms with van der Waals surface area (Å²) in [5.74, 6) is -0.364. The number of nitrogens with two attached hydrogens (primary N) is 1. The maximum absolute atomic E-state index is 13.3. The van der Waals surface area contributed by atoms with Gasteiger partial charge in [-0.2, -0.15) is 0 Å². The monoisotopic (exact) mass is 628 g/mol. The molecule has 6 aromatic carbocycles. The van der Waals surface area contributed by atoms with Crippen molar-refractivity contribution in [3.05, 3.63) is 156 Å². The van der Waals surface area contributed by atoms with Crippen LogP contribution >= 0.6 is 0 Å². The van der Waals surface area contributed by atoms with E-state index in [4.69, 9.17) is 14.6 Å². The molecule has 0 spiro atoms. The Kier molecular flexibility index (Phi) is 8.60. The molecule has 9 heteroatoms. The number of carbonyl (C=O) groups excluding carboxylic acids is 2. The summed E-state index contributed by atoms with van der Waals surface area (Å²) in [5.41, 5.74) is 2.84. The van der Waals surface area contributed by atoms with E-state index in [0.717, 1.165) is 16.3 Å². The molecule has 0 saturated heterocycles. The zero-order chi connectivity index (χ0) is 32.1. The molecule has 0 atom stereocenters. The first-order chi connectivity index (χ1) is 22.3. The van der Waals surface area contributed by atoms with Crippen molar-refractivity contribution in [2.45, 2.75) is 11.5 Å². The van der Waals surface area contributed by atoms with Crippen LogP contribution in [-0.2, 0) is 21.4 Å². The molecule has 6 rings (SSSR count). The van der Waals surface area contributed by atoms with Crippen LogP contribution in [0.2, 0.25) is 0 Å². The van der Waals surface area contributed by atoms with Gasteiger partial charge >= 0.3 is 5.97 Å². The van der Waals surface area contributed by atoms with Crippen molar-refractivity contribution in [2.24, 2.45) is 5.14 Å². The largest absolute Gasteiger partial charge is 0.457 e. The highest BCUT2D eigenvalue weighted by Gasteiger charge is 2.19. The van der Waals surface area contributed by atoms with Crippen molar-refractivity contribution in [3.63, 3.8) is 0 Å². The minimum atomic E-state index is -3.94. The number of hydrogen-bond acceptors (Lipinski definition) is 6. The molecule has 46 heavy (non-hydrogen) atoms. The number of hydrogen-bond donors (Lipinski definition) is 2. The second-order valence-electron chi connectivity index (χ2n) is 10.4. The minimum absolute atomic E-state index is 0.00437. The van der Waals surface area contributed by atoms with E-state index >= 15 is 0 Å². The molecule has 228 valence electrons. The van der Waals surface area contributed by atoms with Gasteiger partial charge in [0.15, 0.2) is 5.75 Å². The van der Waals surface area contributed by atoms with Gasteiger partial charge in [-0.25, -0.2) is 18.4 Å². The quantitative estimate of drug-likeness (QED) is 0.159. The molecule has 0 aliphatic heterocycles. The van der Waals surface area contributed by atoms with E-state index in [1.807, 2.05) is 54.6 Å². The first-order valence-electron chi connectivity index (χ1n) is 14.3. The number of sulfonamides is 1. The molecule has 0 radical (unpaired) electrons. The predicted molar refractivity (Wildman–Crippen MR) is 177 cm³/mol. The lowest BCUT2D eigenvalue weighted by Gasteiger charge is -2.16. The fraction of sp³-hybridized carbons (Fsp3) is 0.0270. The lowest BCUT2D eigenvalue weighted by molar-refractivity contribution is 0.0470. The number of esters is 1. The van der Waals surface area contributed by atoms with Crippen LogP contribution in [0.5, 0.6) is 11.5 Å². The zero-order valence-electron chi connectivity index (χ0n) is 24.4. The van der Waals surface area contributed by atoms with Crippen molar-refractivity contribution < 1.29 is 27.5 Å². The van der Waals surface area contributed by atoms with E-state index in [0.29, 0.717) is 28.1 Å². The Bertz CT molecular complexity index is 2170. The maximum Gasteiger partial charge on any atom is 0.342 e. The van der Waals surface area contributed by atoms with Gasteiger partial charge in [0, 0.05) is 11.1 Å². The van der Waals surface area contributed by atoms with Crippen molar-refractivity contribution >= 4 is 38.4 Å². The zero-order valence-corrected chi connectivity index (χ0v) is 25.2. The first-order valence-corrected chi connectivity index (χ1v) is 15.9. The molecule has 0 fully saturated rings. The van der Waals surface area contributed by atoms with E-state index in [2.05, 4.69) is 5.32 Å². The van der Waals surface area contributed by atoms with Crippen molar-refractivity contribution in [1.82, 2.24) is 0 Å². The van der Waals surface area contributed by atoms with Gasteiger partial charge in [-0.3, -0.25) is 4.79 Å².